The van der Waals surface area contributed by atoms with E-state index in [1.165, 1.54) is 46.3 Å². The minimum absolute atomic E-state index is 0.0926. The molecule has 4 aromatic rings. The first-order chi connectivity index (χ1) is 26.6. The van der Waals surface area contributed by atoms with Gasteiger partial charge in [0.05, 0.1) is 39.8 Å². The predicted molar refractivity (Wildman–Crippen MR) is 197 cm³/mol. The van der Waals surface area contributed by atoms with E-state index in [1.54, 1.807) is 36.4 Å². The Balaban J connectivity index is 1.47. The first-order valence-electron chi connectivity index (χ1n) is 17.2. The van der Waals surface area contributed by atoms with Crippen molar-refractivity contribution in [2.24, 2.45) is 10.9 Å². The summed E-state index contributed by atoms with van der Waals surface area (Å²) in [6.07, 6.45) is 0.533. The summed E-state index contributed by atoms with van der Waals surface area (Å²) in [5.41, 5.74) is 0.424. The van der Waals surface area contributed by atoms with Crippen LogP contribution in [-0.4, -0.2) is 93.0 Å². The lowest BCUT2D eigenvalue weighted by atomic mass is 9.94. The number of piperidine rings is 1. The standard InChI is InChI=1S/C38H39F4N5O8S/c1-22-19-45(13-11-38(22,41)42)36-35(37(48)49)47(31-18-29(40)28(39)17-30(31)44-36)25-10-12-43-34(14-25)56(50,51)46(20-23-6-8-26(52-2)15-32(23)54-4)21-24-7-9-27(53-3)16-33(24)55-5/h6-10,12,14-18,22,35H,11,13,19-21H2,1-5H3,(H,48,49). The SMILES string of the molecule is COc1ccc(CN(Cc2ccc(OC)cc2OC)S(=O)(=O)c2cc(N3c4cc(F)c(F)cc4N=C(N4CCC(F)(F)C(C)C4)C3C(=O)O)ccn2)c(OC)c1. The van der Waals surface area contributed by atoms with E-state index in [1.807, 2.05) is 0 Å². The summed E-state index contributed by atoms with van der Waals surface area (Å²) < 4.78 is 111. The fraction of sp³-hybridized carbons (Fsp3) is 0.342. The van der Waals surface area contributed by atoms with E-state index in [9.17, 15) is 35.9 Å². The molecule has 18 heteroatoms. The lowest BCUT2D eigenvalue weighted by Crippen LogP contribution is -2.57. The lowest BCUT2D eigenvalue weighted by Gasteiger charge is -2.44. The molecule has 3 heterocycles. The van der Waals surface area contributed by atoms with Crippen molar-refractivity contribution in [2.75, 3.05) is 46.4 Å². The summed E-state index contributed by atoms with van der Waals surface area (Å²) in [5, 5.41) is 10.1. The van der Waals surface area contributed by atoms with Crippen LogP contribution in [0.5, 0.6) is 23.0 Å². The second-order valence-electron chi connectivity index (χ2n) is 13.2. The number of hydrogen-bond acceptors (Lipinski definition) is 11. The molecule has 2 unspecified atom stereocenters. The average molecular weight is 802 g/mol. The number of rotatable bonds is 12. The molecule has 1 aromatic heterocycles. The molecule has 2 aliphatic heterocycles. The Hall–Kier alpha value is -5.62. The van der Waals surface area contributed by atoms with Crippen LogP contribution in [0.15, 0.2) is 76.9 Å². The number of pyridine rings is 1. The van der Waals surface area contributed by atoms with E-state index in [0.29, 0.717) is 34.1 Å². The number of nitrogens with zero attached hydrogens (tertiary/aromatic N) is 5. The Morgan fingerprint density at radius 3 is 2.02 bits per heavy atom. The van der Waals surface area contributed by atoms with Crippen molar-refractivity contribution in [3.05, 3.63) is 89.6 Å². The highest BCUT2D eigenvalue weighted by Gasteiger charge is 2.46. The van der Waals surface area contributed by atoms with Gasteiger partial charge in [0.25, 0.3) is 15.9 Å². The van der Waals surface area contributed by atoms with Crippen LogP contribution in [0.2, 0.25) is 0 Å². The van der Waals surface area contributed by atoms with Crippen molar-refractivity contribution < 1.29 is 54.8 Å². The van der Waals surface area contributed by atoms with Crippen LogP contribution in [0.25, 0.3) is 0 Å². The van der Waals surface area contributed by atoms with Gasteiger partial charge in [-0.25, -0.2) is 40.8 Å². The van der Waals surface area contributed by atoms with Crippen molar-refractivity contribution in [1.82, 2.24) is 14.2 Å². The van der Waals surface area contributed by atoms with Crippen LogP contribution in [0.3, 0.4) is 0 Å². The number of likely N-dealkylation sites (tertiary alicyclic amines) is 1. The van der Waals surface area contributed by atoms with Gasteiger partial charge in [-0.2, -0.15) is 4.31 Å². The molecule has 1 N–H and O–H groups in total. The van der Waals surface area contributed by atoms with Crippen LogP contribution < -0.4 is 23.8 Å². The molecule has 3 aromatic carbocycles. The number of sulfonamides is 1. The highest BCUT2D eigenvalue weighted by atomic mass is 32.2. The van der Waals surface area contributed by atoms with Crippen LogP contribution in [-0.2, 0) is 27.9 Å². The van der Waals surface area contributed by atoms with E-state index in [0.717, 1.165) is 33.6 Å². The van der Waals surface area contributed by atoms with Gasteiger partial charge in [-0.05, 0) is 18.2 Å². The molecule has 0 spiro atoms. The number of ether oxygens (including phenoxy) is 4. The number of benzene rings is 3. The minimum Gasteiger partial charge on any atom is -0.497 e. The van der Waals surface area contributed by atoms with E-state index in [-0.39, 0.29) is 49.1 Å². The molecule has 0 radical (unpaired) electrons. The molecule has 56 heavy (non-hydrogen) atoms. The second-order valence-corrected chi connectivity index (χ2v) is 15.1. The minimum atomic E-state index is -4.61. The summed E-state index contributed by atoms with van der Waals surface area (Å²) >= 11 is 0. The maximum atomic E-state index is 14.9. The number of alkyl halides is 2. The summed E-state index contributed by atoms with van der Waals surface area (Å²) in [7, 11) is 1.18. The smallest absolute Gasteiger partial charge is 0.334 e. The number of aromatic nitrogens is 1. The van der Waals surface area contributed by atoms with E-state index in [2.05, 4.69) is 9.98 Å². The molecule has 1 fully saturated rings. The normalized spacial score (nSPS) is 17.9. The maximum absolute atomic E-state index is 14.9. The van der Waals surface area contributed by atoms with Gasteiger partial charge >= 0.3 is 5.97 Å². The Labute approximate surface area is 320 Å². The van der Waals surface area contributed by atoms with Gasteiger partial charge in [-0.15, -0.1) is 0 Å². The van der Waals surface area contributed by atoms with Gasteiger partial charge in [-0.1, -0.05) is 19.1 Å². The molecule has 0 aliphatic carbocycles. The van der Waals surface area contributed by atoms with Crippen LogP contribution in [0.1, 0.15) is 24.5 Å². The summed E-state index contributed by atoms with van der Waals surface area (Å²) in [4.78, 5) is 24.1. The van der Waals surface area contributed by atoms with Gasteiger partial charge < -0.3 is 33.9 Å². The van der Waals surface area contributed by atoms with Crippen LogP contribution in [0, 0.1) is 17.6 Å². The van der Waals surface area contributed by atoms with Gasteiger partial charge in [-0.3, -0.25) is 0 Å². The Kier molecular flexibility index (Phi) is 11.3. The van der Waals surface area contributed by atoms with E-state index >= 15 is 0 Å². The Morgan fingerprint density at radius 2 is 1.48 bits per heavy atom. The summed E-state index contributed by atoms with van der Waals surface area (Å²) in [6, 6.07) is 11.9. The highest BCUT2D eigenvalue weighted by molar-refractivity contribution is 7.89. The molecule has 0 bridgehead atoms. The quantitative estimate of drug-likeness (QED) is 0.159. The molecule has 13 nitrogen and oxygen atoms in total. The summed E-state index contributed by atoms with van der Waals surface area (Å²) in [5.74, 6) is -6.95. The van der Waals surface area contributed by atoms with Crippen molar-refractivity contribution in [1.29, 1.82) is 0 Å². The monoisotopic (exact) mass is 801 g/mol. The summed E-state index contributed by atoms with van der Waals surface area (Å²) in [6.45, 7) is 0.263. The zero-order chi connectivity index (χ0) is 40.5. The van der Waals surface area contributed by atoms with Gasteiger partial charge in [0.2, 0.25) is 0 Å². The van der Waals surface area contributed by atoms with Gasteiger partial charge in [0.15, 0.2) is 22.7 Å². The van der Waals surface area contributed by atoms with Crippen molar-refractivity contribution >= 4 is 38.9 Å². The van der Waals surface area contributed by atoms with Crippen LogP contribution in [0.4, 0.5) is 34.6 Å². The second kappa shape index (κ2) is 15.9. The third kappa shape index (κ3) is 7.75. The topological polar surface area (TPSA) is 143 Å². The number of methoxy groups -OCH3 is 4. The number of carbonyl (C=O) groups is 1. The number of aliphatic carboxylic acids is 1. The average Bonchev–Trinajstić information content (AvgIpc) is 3.18. The van der Waals surface area contributed by atoms with Gasteiger partial charge in [0.1, 0.15) is 28.8 Å². The third-order valence-corrected chi connectivity index (χ3v) is 11.5. The molecule has 1 saturated heterocycles. The molecule has 2 aliphatic rings. The molecule has 0 amide bonds. The number of carboxylic acids is 1. The fourth-order valence-corrected chi connectivity index (χ4v) is 8.03. The number of aliphatic imine (C=N–C) groups is 1. The number of amidine groups is 1. The van der Waals surface area contributed by atoms with Crippen molar-refractivity contribution in [3.63, 3.8) is 0 Å². The molecular weight excluding hydrogens is 763 g/mol. The largest absolute Gasteiger partial charge is 0.497 e. The number of hydrogen-bond donors (Lipinski definition) is 1. The van der Waals surface area contributed by atoms with Crippen LogP contribution >= 0.6 is 0 Å². The molecule has 0 saturated carbocycles. The lowest BCUT2D eigenvalue weighted by molar-refractivity contribution is -0.137. The number of halogens is 4. The number of anilines is 2. The highest BCUT2D eigenvalue weighted by Crippen LogP contribution is 2.44. The van der Waals surface area contributed by atoms with Crippen molar-refractivity contribution in [3.8, 4) is 23.0 Å². The zero-order valence-electron chi connectivity index (χ0n) is 31.0. The molecular formula is C38H39F4N5O8S. The number of fused-ring (bicyclic) bond motifs is 1. The van der Waals surface area contributed by atoms with Crippen molar-refractivity contribution in [2.45, 2.75) is 43.4 Å². The number of carboxylic acid groups (broad SMARTS) is 1. The van der Waals surface area contributed by atoms with E-state index in [4.69, 9.17) is 18.9 Å². The fourth-order valence-electron chi connectivity index (χ4n) is 6.69. The first kappa shape index (κ1) is 40.1. The van der Waals surface area contributed by atoms with E-state index < -0.39 is 57.0 Å². The Bertz CT molecular complexity index is 2220. The third-order valence-electron chi connectivity index (χ3n) is 9.79. The Morgan fingerprint density at radius 1 is 0.893 bits per heavy atom. The van der Waals surface area contributed by atoms with Gasteiger partial charge in [0, 0.05) is 91.9 Å². The molecule has 2 atom stereocenters. The predicted octanol–water partition coefficient (Wildman–Crippen LogP) is 6.40. The maximum Gasteiger partial charge on any atom is 0.334 e. The molecule has 6 rings (SSSR count). The molecule has 298 valence electrons. The zero-order valence-corrected chi connectivity index (χ0v) is 31.8. The first-order valence-corrected chi connectivity index (χ1v) is 18.7.